The lowest BCUT2D eigenvalue weighted by Crippen LogP contribution is -2.27. The third-order valence-corrected chi connectivity index (χ3v) is 4.26. The number of hydrogen-bond donors (Lipinski definition) is 1. The Morgan fingerprint density at radius 2 is 1.50 bits per heavy atom. The van der Waals surface area contributed by atoms with E-state index in [4.69, 9.17) is 5.73 Å². The van der Waals surface area contributed by atoms with E-state index < -0.39 is 11.7 Å². The fourth-order valence-corrected chi connectivity index (χ4v) is 3.15. The van der Waals surface area contributed by atoms with Crippen LogP contribution in [-0.2, 0) is 4.74 Å². The van der Waals surface area contributed by atoms with Crippen molar-refractivity contribution >= 4 is 17.0 Å². The lowest BCUT2D eigenvalue weighted by atomic mass is 10.1. The van der Waals surface area contributed by atoms with Gasteiger partial charge in [0.2, 0.25) is 0 Å². The fraction of sp³-hybridized carbons (Fsp3) is 0.160. The fourth-order valence-electron chi connectivity index (χ4n) is 3.15. The molecule has 1 amide bonds. The van der Waals surface area contributed by atoms with Gasteiger partial charge in [0.15, 0.2) is 0 Å². The first-order valence-electron chi connectivity index (χ1n) is 9.65. The Hall–Kier alpha value is -3.60. The predicted molar refractivity (Wildman–Crippen MR) is 119 cm³/mol. The molecule has 0 saturated heterocycles. The molecule has 0 aliphatic heterocycles. The van der Waals surface area contributed by atoms with E-state index in [0.29, 0.717) is 0 Å². The van der Waals surface area contributed by atoms with Crippen LogP contribution in [0.2, 0.25) is 0 Å². The highest BCUT2D eigenvalue weighted by Crippen LogP contribution is 2.31. The van der Waals surface area contributed by atoms with E-state index in [-0.39, 0.29) is 5.82 Å². The van der Waals surface area contributed by atoms with Gasteiger partial charge in [0.05, 0.1) is 11.2 Å². The summed E-state index contributed by atoms with van der Waals surface area (Å²) in [7, 11) is 0. The Bertz CT molecular complexity index is 1130. The molecule has 0 aliphatic carbocycles. The molecular formula is C25H25FN2O2. The number of carbonyl (C=O) groups excluding carboxylic acids is 1. The first-order chi connectivity index (χ1) is 14.2. The Morgan fingerprint density at radius 3 is 2.03 bits per heavy atom. The number of hydrogen-bond acceptors (Lipinski definition) is 2. The first kappa shape index (κ1) is 21.1. The summed E-state index contributed by atoms with van der Waals surface area (Å²) < 4.78 is 20.4. The molecule has 0 atom stereocenters. The number of primary amides is 1. The zero-order chi connectivity index (χ0) is 21.7. The second-order valence-corrected chi connectivity index (χ2v) is 7.80. The van der Waals surface area contributed by atoms with Crippen molar-refractivity contribution in [2.75, 3.05) is 0 Å². The predicted octanol–water partition coefficient (Wildman–Crippen LogP) is 6.32. The number of ether oxygens (including phenoxy) is 1. The van der Waals surface area contributed by atoms with Crippen LogP contribution in [0.1, 0.15) is 20.8 Å². The third-order valence-electron chi connectivity index (χ3n) is 4.26. The number of aromatic nitrogens is 1. The summed E-state index contributed by atoms with van der Waals surface area (Å²) in [5.74, 6) is -0.220. The molecule has 0 aliphatic rings. The number of halogens is 1. The average Bonchev–Trinajstić information content (AvgIpc) is 3.06. The van der Waals surface area contributed by atoms with E-state index in [1.807, 2.05) is 54.6 Å². The van der Waals surface area contributed by atoms with Gasteiger partial charge in [0.25, 0.3) is 0 Å². The number of benzene rings is 3. The summed E-state index contributed by atoms with van der Waals surface area (Å²) in [5, 5.41) is 1.03. The van der Waals surface area contributed by atoms with Crippen molar-refractivity contribution in [3.8, 4) is 16.9 Å². The summed E-state index contributed by atoms with van der Waals surface area (Å²) in [6, 6.07) is 27.3. The molecule has 0 unspecified atom stereocenters. The molecular weight excluding hydrogens is 379 g/mol. The molecule has 0 bridgehead atoms. The Kier molecular flexibility index (Phi) is 6.21. The maximum Gasteiger partial charge on any atom is 0.405 e. The molecule has 0 radical (unpaired) electrons. The van der Waals surface area contributed by atoms with E-state index in [1.54, 1.807) is 26.8 Å². The van der Waals surface area contributed by atoms with Crippen LogP contribution in [0, 0.1) is 5.82 Å². The van der Waals surface area contributed by atoms with Crippen LogP contribution < -0.4 is 5.73 Å². The van der Waals surface area contributed by atoms with Gasteiger partial charge in [-0.05, 0) is 62.7 Å². The van der Waals surface area contributed by atoms with Crippen molar-refractivity contribution in [1.29, 1.82) is 0 Å². The highest BCUT2D eigenvalue weighted by molar-refractivity contribution is 5.89. The van der Waals surface area contributed by atoms with Gasteiger partial charge in [-0.3, -0.25) is 0 Å². The van der Waals surface area contributed by atoms with Gasteiger partial charge in [-0.1, -0.05) is 48.5 Å². The zero-order valence-corrected chi connectivity index (χ0v) is 17.3. The van der Waals surface area contributed by atoms with Gasteiger partial charge in [0.1, 0.15) is 11.4 Å². The van der Waals surface area contributed by atoms with Gasteiger partial charge in [-0.25, -0.2) is 9.18 Å². The summed E-state index contributed by atoms with van der Waals surface area (Å²) in [5.41, 5.74) is 8.35. The quantitative estimate of drug-likeness (QED) is 0.425. The molecule has 4 aromatic rings. The monoisotopic (exact) mass is 404 g/mol. The van der Waals surface area contributed by atoms with Crippen LogP contribution in [0.15, 0.2) is 84.9 Å². The lowest BCUT2D eigenvalue weighted by molar-refractivity contribution is 0.0600. The summed E-state index contributed by atoms with van der Waals surface area (Å²) in [6.07, 6.45) is -0.725. The number of carbonyl (C=O) groups is 1. The van der Waals surface area contributed by atoms with Gasteiger partial charge in [-0.15, -0.1) is 0 Å². The van der Waals surface area contributed by atoms with Crippen LogP contribution in [0.25, 0.3) is 27.8 Å². The third kappa shape index (κ3) is 5.26. The molecule has 2 N–H and O–H groups in total. The molecule has 4 rings (SSSR count). The molecule has 1 aromatic heterocycles. The van der Waals surface area contributed by atoms with Crippen LogP contribution in [0.4, 0.5) is 9.18 Å². The van der Waals surface area contributed by atoms with Crippen LogP contribution >= 0.6 is 0 Å². The van der Waals surface area contributed by atoms with Crippen molar-refractivity contribution in [1.82, 2.24) is 4.57 Å². The standard InChI is InChI=1S/C20H14FN.C5H11NO2/c21-17-12-11-16-13-19(15-7-3-1-4-8-15)22(20(16)14-17)18-9-5-2-6-10-18;1-5(2,3)8-4(6)7/h1-14H;1-3H3,(H2,6,7). The molecule has 0 fully saturated rings. The van der Waals surface area contributed by atoms with Crippen LogP contribution in [-0.4, -0.2) is 16.3 Å². The number of amides is 1. The Balaban J connectivity index is 0.000000275. The van der Waals surface area contributed by atoms with E-state index in [9.17, 15) is 9.18 Å². The van der Waals surface area contributed by atoms with Gasteiger partial charge in [0, 0.05) is 11.1 Å². The second-order valence-electron chi connectivity index (χ2n) is 7.80. The molecule has 5 heteroatoms. The largest absolute Gasteiger partial charge is 0.444 e. The summed E-state index contributed by atoms with van der Waals surface area (Å²) in [4.78, 5) is 10.0. The average molecular weight is 404 g/mol. The Labute approximate surface area is 175 Å². The SMILES string of the molecule is CC(C)(C)OC(N)=O.Fc1ccc2cc(-c3ccccc3)n(-c3ccccc3)c2c1. The normalized spacial score (nSPS) is 10.9. The van der Waals surface area contributed by atoms with E-state index in [0.717, 1.165) is 27.8 Å². The van der Waals surface area contributed by atoms with Crippen molar-refractivity contribution < 1.29 is 13.9 Å². The van der Waals surface area contributed by atoms with E-state index in [1.165, 1.54) is 6.07 Å². The minimum absolute atomic E-state index is 0.220. The minimum atomic E-state index is -0.725. The topological polar surface area (TPSA) is 57.2 Å². The van der Waals surface area contributed by atoms with Crippen LogP contribution in [0.5, 0.6) is 0 Å². The molecule has 4 nitrogen and oxygen atoms in total. The molecule has 154 valence electrons. The maximum atomic E-state index is 13.7. The summed E-state index contributed by atoms with van der Waals surface area (Å²) >= 11 is 0. The number of nitrogens with zero attached hydrogens (tertiary/aromatic N) is 1. The molecule has 3 aromatic carbocycles. The highest BCUT2D eigenvalue weighted by atomic mass is 19.1. The zero-order valence-electron chi connectivity index (χ0n) is 17.3. The van der Waals surface area contributed by atoms with Gasteiger partial charge < -0.3 is 15.0 Å². The van der Waals surface area contributed by atoms with Crippen molar-refractivity contribution in [3.63, 3.8) is 0 Å². The van der Waals surface area contributed by atoms with Gasteiger partial charge >= 0.3 is 6.09 Å². The number of fused-ring (bicyclic) bond motifs is 1. The molecule has 0 spiro atoms. The van der Waals surface area contributed by atoms with E-state index >= 15 is 0 Å². The number of rotatable bonds is 2. The molecule has 1 heterocycles. The Morgan fingerprint density at radius 1 is 0.900 bits per heavy atom. The van der Waals surface area contributed by atoms with Crippen LogP contribution in [0.3, 0.4) is 0 Å². The maximum absolute atomic E-state index is 13.7. The molecule has 0 saturated carbocycles. The number of para-hydroxylation sites is 1. The van der Waals surface area contributed by atoms with Crippen molar-refractivity contribution in [2.24, 2.45) is 5.73 Å². The number of nitrogens with two attached hydrogens (primary N) is 1. The smallest absolute Gasteiger partial charge is 0.405 e. The first-order valence-corrected chi connectivity index (χ1v) is 9.65. The molecule has 30 heavy (non-hydrogen) atoms. The lowest BCUT2D eigenvalue weighted by Gasteiger charge is -2.16. The minimum Gasteiger partial charge on any atom is -0.444 e. The second kappa shape index (κ2) is 8.82. The summed E-state index contributed by atoms with van der Waals surface area (Å²) in [6.45, 7) is 5.28. The van der Waals surface area contributed by atoms with E-state index in [2.05, 4.69) is 27.5 Å². The van der Waals surface area contributed by atoms with Crippen molar-refractivity contribution in [2.45, 2.75) is 26.4 Å². The van der Waals surface area contributed by atoms with Crippen molar-refractivity contribution in [3.05, 3.63) is 90.7 Å². The highest BCUT2D eigenvalue weighted by Gasteiger charge is 2.13. The van der Waals surface area contributed by atoms with Gasteiger partial charge in [-0.2, -0.15) is 0 Å².